The SMILES string of the molecule is C=C(F)C(=O)N1CC(n2nc(-c3ccc(C(F)(F)F)cc3)c3ccc(F)nc32)C1. The molecule has 5 nitrogen and oxygen atoms in total. The Hall–Kier alpha value is -3.30. The smallest absolute Gasteiger partial charge is 0.332 e. The number of halogens is 5. The molecule has 4 rings (SSSR count). The van der Waals surface area contributed by atoms with Gasteiger partial charge in [0.05, 0.1) is 11.6 Å². The average Bonchev–Trinajstić information content (AvgIpc) is 2.98. The molecule has 1 aliphatic heterocycles. The lowest BCUT2D eigenvalue weighted by atomic mass is 10.1. The number of nitrogens with zero attached hydrogens (tertiary/aromatic N) is 4. The molecular weight excluding hydrogens is 395 g/mol. The van der Waals surface area contributed by atoms with Crippen LogP contribution in [-0.2, 0) is 11.0 Å². The van der Waals surface area contributed by atoms with Gasteiger partial charge < -0.3 is 4.90 Å². The van der Waals surface area contributed by atoms with E-state index in [2.05, 4.69) is 16.7 Å². The normalized spacial score (nSPS) is 14.9. The number of carbonyl (C=O) groups excluding carboxylic acids is 1. The second-order valence-electron chi connectivity index (χ2n) is 6.64. The van der Waals surface area contributed by atoms with Gasteiger partial charge in [0.15, 0.2) is 11.5 Å². The fourth-order valence-electron chi connectivity index (χ4n) is 3.23. The van der Waals surface area contributed by atoms with Crippen molar-refractivity contribution in [3.8, 4) is 11.3 Å². The van der Waals surface area contributed by atoms with Gasteiger partial charge in [0.25, 0.3) is 5.91 Å². The molecular formula is C19H13F5N4O. The minimum absolute atomic E-state index is 0.128. The third kappa shape index (κ3) is 3.34. The van der Waals surface area contributed by atoms with Gasteiger partial charge in [-0.05, 0) is 24.3 Å². The number of rotatable bonds is 3. The van der Waals surface area contributed by atoms with Crippen LogP contribution < -0.4 is 0 Å². The predicted molar refractivity (Wildman–Crippen MR) is 93.8 cm³/mol. The van der Waals surface area contributed by atoms with E-state index in [4.69, 9.17) is 0 Å². The summed E-state index contributed by atoms with van der Waals surface area (Å²) in [7, 11) is 0. The zero-order valence-corrected chi connectivity index (χ0v) is 14.7. The van der Waals surface area contributed by atoms with E-state index in [-0.39, 0.29) is 24.8 Å². The van der Waals surface area contributed by atoms with E-state index in [1.165, 1.54) is 27.8 Å². The summed E-state index contributed by atoms with van der Waals surface area (Å²) in [6, 6.07) is 6.63. The summed E-state index contributed by atoms with van der Waals surface area (Å²) >= 11 is 0. The van der Waals surface area contributed by atoms with Crippen LogP contribution in [0.25, 0.3) is 22.3 Å². The second kappa shape index (κ2) is 6.64. The van der Waals surface area contributed by atoms with E-state index in [1.807, 2.05) is 0 Å². The van der Waals surface area contributed by atoms with Gasteiger partial charge in [0, 0.05) is 24.0 Å². The Kier molecular flexibility index (Phi) is 4.36. The summed E-state index contributed by atoms with van der Waals surface area (Å²) in [5, 5.41) is 4.86. The molecule has 0 atom stereocenters. The van der Waals surface area contributed by atoms with Crippen molar-refractivity contribution >= 4 is 16.9 Å². The van der Waals surface area contributed by atoms with Gasteiger partial charge in [-0.2, -0.15) is 27.6 Å². The van der Waals surface area contributed by atoms with E-state index < -0.39 is 29.4 Å². The Balaban J connectivity index is 1.72. The van der Waals surface area contributed by atoms with Crippen molar-refractivity contribution in [3.63, 3.8) is 0 Å². The van der Waals surface area contributed by atoms with Gasteiger partial charge in [-0.25, -0.2) is 9.07 Å². The van der Waals surface area contributed by atoms with E-state index in [9.17, 15) is 26.7 Å². The molecule has 29 heavy (non-hydrogen) atoms. The lowest BCUT2D eigenvalue weighted by molar-refractivity contribution is -0.137. The van der Waals surface area contributed by atoms with Gasteiger partial charge in [0.2, 0.25) is 5.95 Å². The number of aromatic nitrogens is 3. The third-order valence-electron chi connectivity index (χ3n) is 4.73. The molecule has 1 aliphatic rings. The molecule has 0 N–H and O–H groups in total. The maximum atomic E-state index is 13.7. The summed E-state index contributed by atoms with van der Waals surface area (Å²) in [6.07, 6.45) is -4.47. The number of alkyl halides is 3. The van der Waals surface area contributed by atoms with Crippen LogP contribution in [-0.4, -0.2) is 38.7 Å². The van der Waals surface area contributed by atoms with Crippen LogP contribution in [0, 0.1) is 5.95 Å². The number of hydrogen-bond acceptors (Lipinski definition) is 3. The van der Waals surface area contributed by atoms with Crippen molar-refractivity contribution in [2.75, 3.05) is 13.1 Å². The van der Waals surface area contributed by atoms with Crippen molar-refractivity contribution in [1.29, 1.82) is 0 Å². The Morgan fingerprint density at radius 2 is 1.76 bits per heavy atom. The molecule has 1 fully saturated rings. The molecule has 0 spiro atoms. The maximum Gasteiger partial charge on any atom is 0.416 e. The van der Waals surface area contributed by atoms with Gasteiger partial charge >= 0.3 is 6.18 Å². The van der Waals surface area contributed by atoms with Crippen LogP contribution in [0.1, 0.15) is 11.6 Å². The maximum absolute atomic E-state index is 13.7. The van der Waals surface area contributed by atoms with Gasteiger partial charge in [-0.1, -0.05) is 18.7 Å². The first-order valence-corrected chi connectivity index (χ1v) is 8.51. The molecule has 1 aromatic carbocycles. The summed E-state index contributed by atoms with van der Waals surface area (Å²) in [5.74, 6) is -2.66. The molecule has 0 radical (unpaired) electrons. The Morgan fingerprint density at radius 3 is 2.34 bits per heavy atom. The number of pyridine rings is 1. The van der Waals surface area contributed by atoms with Crippen LogP contribution in [0.4, 0.5) is 22.0 Å². The summed E-state index contributed by atoms with van der Waals surface area (Å²) in [4.78, 5) is 16.7. The molecule has 1 amide bonds. The van der Waals surface area contributed by atoms with Crippen molar-refractivity contribution in [3.05, 3.63) is 60.3 Å². The molecule has 0 aliphatic carbocycles. The minimum Gasteiger partial charge on any atom is -0.332 e. The molecule has 2 aromatic heterocycles. The van der Waals surface area contributed by atoms with Crippen LogP contribution in [0.2, 0.25) is 0 Å². The number of hydrogen-bond donors (Lipinski definition) is 0. The number of benzene rings is 1. The van der Waals surface area contributed by atoms with E-state index in [0.717, 1.165) is 18.2 Å². The van der Waals surface area contributed by atoms with Gasteiger partial charge in [-0.3, -0.25) is 4.79 Å². The molecule has 0 saturated carbocycles. The van der Waals surface area contributed by atoms with Gasteiger partial charge in [-0.15, -0.1) is 0 Å². The van der Waals surface area contributed by atoms with Crippen molar-refractivity contribution in [2.24, 2.45) is 0 Å². The molecule has 0 unspecified atom stereocenters. The molecule has 3 heterocycles. The molecule has 150 valence electrons. The Morgan fingerprint density at radius 1 is 1.10 bits per heavy atom. The zero-order valence-electron chi connectivity index (χ0n) is 14.7. The first kappa shape index (κ1) is 19.0. The number of carbonyl (C=O) groups is 1. The largest absolute Gasteiger partial charge is 0.416 e. The Labute approximate surface area is 161 Å². The minimum atomic E-state index is -4.47. The number of likely N-dealkylation sites (tertiary alicyclic amines) is 1. The van der Waals surface area contributed by atoms with Crippen molar-refractivity contribution in [2.45, 2.75) is 12.2 Å². The highest BCUT2D eigenvalue weighted by Gasteiger charge is 2.35. The van der Waals surface area contributed by atoms with Gasteiger partial charge in [0.1, 0.15) is 5.69 Å². The van der Waals surface area contributed by atoms with Crippen LogP contribution >= 0.6 is 0 Å². The topological polar surface area (TPSA) is 51.0 Å². The lowest BCUT2D eigenvalue weighted by Crippen LogP contribution is -2.51. The molecule has 10 heteroatoms. The molecule has 1 saturated heterocycles. The van der Waals surface area contributed by atoms with Crippen LogP contribution in [0.15, 0.2) is 48.8 Å². The zero-order chi connectivity index (χ0) is 20.9. The number of amides is 1. The Bertz CT molecular complexity index is 1110. The van der Waals surface area contributed by atoms with Crippen LogP contribution in [0.3, 0.4) is 0 Å². The van der Waals surface area contributed by atoms with Crippen molar-refractivity contribution < 1.29 is 26.7 Å². The summed E-state index contributed by atoms with van der Waals surface area (Å²) < 4.78 is 66.5. The monoisotopic (exact) mass is 408 g/mol. The molecule has 0 bridgehead atoms. The van der Waals surface area contributed by atoms with Crippen molar-refractivity contribution in [1.82, 2.24) is 19.7 Å². The fourth-order valence-corrected chi connectivity index (χ4v) is 3.23. The second-order valence-corrected chi connectivity index (χ2v) is 6.64. The summed E-state index contributed by atoms with van der Waals surface area (Å²) in [6.45, 7) is 3.22. The highest BCUT2D eigenvalue weighted by Crippen LogP contribution is 2.34. The van der Waals surface area contributed by atoms with Crippen LogP contribution in [0.5, 0.6) is 0 Å². The molecule has 3 aromatic rings. The highest BCUT2D eigenvalue weighted by atomic mass is 19.4. The van der Waals surface area contributed by atoms with E-state index in [0.29, 0.717) is 16.6 Å². The fraction of sp³-hybridized carbons (Fsp3) is 0.211. The van der Waals surface area contributed by atoms with E-state index >= 15 is 0 Å². The average molecular weight is 408 g/mol. The summed E-state index contributed by atoms with van der Waals surface area (Å²) in [5.41, 5.74) is 0.130. The quantitative estimate of drug-likeness (QED) is 0.372. The number of fused-ring (bicyclic) bond motifs is 1. The standard InChI is InChI=1S/C19H13F5N4O/c1-10(20)18(29)27-8-13(9-27)28-17-14(6-7-15(21)25-17)16(26-28)11-2-4-12(5-3-11)19(22,23)24/h2-7,13H,1,8-9H2. The highest BCUT2D eigenvalue weighted by molar-refractivity contribution is 5.92. The predicted octanol–water partition coefficient (Wildman–Crippen LogP) is 4.12. The lowest BCUT2D eigenvalue weighted by Gasteiger charge is -2.38. The first-order chi connectivity index (χ1) is 13.6. The first-order valence-electron chi connectivity index (χ1n) is 8.51. The van der Waals surface area contributed by atoms with E-state index in [1.54, 1.807) is 0 Å². The third-order valence-corrected chi connectivity index (χ3v) is 4.73.